The van der Waals surface area contributed by atoms with Crippen molar-refractivity contribution in [2.45, 2.75) is 25.2 Å². The van der Waals surface area contributed by atoms with Gasteiger partial charge in [-0.25, -0.2) is 0 Å². The molecule has 0 atom stereocenters. The van der Waals surface area contributed by atoms with Crippen molar-refractivity contribution in [3.63, 3.8) is 0 Å². The first kappa shape index (κ1) is 8.43. The molecule has 0 bridgehead atoms. The quantitative estimate of drug-likeness (QED) is 0.609. The topological polar surface area (TPSA) is 79.6 Å². The van der Waals surface area contributed by atoms with Crippen molar-refractivity contribution in [3.05, 3.63) is 5.82 Å². The first-order chi connectivity index (χ1) is 6.25. The fraction of sp³-hybridized carbons (Fsp3) is 0.571. The van der Waals surface area contributed by atoms with E-state index in [0.29, 0.717) is 11.9 Å². The number of nitrogens with zero attached hydrogens (tertiary/aromatic N) is 2. The Bertz CT molecular complexity index is 316. The summed E-state index contributed by atoms with van der Waals surface area (Å²) in [5.41, 5.74) is 5.28. The van der Waals surface area contributed by atoms with E-state index in [2.05, 4.69) is 32.7 Å². The van der Waals surface area contributed by atoms with Gasteiger partial charge in [0.1, 0.15) is 5.82 Å². The van der Waals surface area contributed by atoms with Crippen molar-refractivity contribution in [2.75, 3.05) is 5.32 Å². The largest absolute Gasteiger partial charge is 0.376 e. The van der Waals surface area contributed by atoms with E-state index in [1.807, 2.05) is 0 Å². The van der Waals surface area contributed by atoms with Gasteiger partial charge < -0.3 is 11.1 Å². The molecule has 1 aliphatic rings. The van der Waals surface area contributed by atoms with E-state index in [4.69, 9.17) is 5.73 Å². The van der Waals surface area contributed by atoms with Crippen LogP contribution in [0.4, 0.5) is 5.95 Å². The van der Waals surface area contributed by atoms with Crippen LogP contribution in [0.3, 0.4) is 0 Å². The Morgan fingerprint density at radius 2 is 2.38 bits per heavy atom. The summed E-state index contributed by atoms with van der Waals surface area (Å²) < 4.78 is 0. The van der Waals surface area contributed by atoms with E-state index in [1.54, 1.807) is 0 Å². The predicted octanol–water partition coefficient (Wildman–Crippen LogP) is 0.728. The highest BCUT2D eigenvalue weighted by Crippen LogP contribution is 2.34. The van der Waals surface area contributed by atoms with E-state index in [1.165, 1.54) is 19.3 Å². The second kappa shape index (κ2) is 3.29. The number of aromatic amines is 1. The highest BCUT2D eigenvalue weighted by molar-refractivity contribution is 7.80. The zero-order chi connectivity index (χ0) is 9.26. The van der Waals surface area contributed by atoms with E-state index in [-0.39, 0.29) is 5.11 Å². The lowest BCUT2D eigenvalue weighted by molar-refractivity contribution is 0.402. The SMILES string of the molecule is NC(=S)Nc1n[nH]c(C2CCC2)n1. The molecule has 0 unspecified atom stereocenters. The summed E-state index contributed by atoms with van der Waals surface area (Å²) in [6.07, 6.45) is 3.67. The molecule has 1 aliphatic carbocycles. The lowest BCUT2D eigenvalue weighted by Crippen LogP contribution is -2.19. The third-order valence-electron chi connectivity index (χ3n) is 2.23. The zero-order valence-corrected chi connectivity index (χ0v) is 7.90. The highest BCUT2D eigenvalue weighted by atomic mass is 32.1. The van der Waals surface area contributed by atoms with Crippen LogP contribution in [0.5, 0.6) is 0 Å². The van der Waals surface area contributed by atoms with Gasteiger partial charge in [-0.05, 0) is 25.1 Å². The van der Waals surface area contributed by atoms with Crippen LogP contribution in [0.1, 0.15) is 31.0 Å². The average molecular weight is 197 g/mol. The molecule has 1 aromatic rings. The number of thiocarbonyl (C=S) groups is 1. The van der Waals surface area contributed by atoms with Gasteiger partial charge in [0.25, 0.3) is 0 Å². The molecule has 0 aromatic carbocycles. The standard InChI is InChI=1S/C7H11N5S/c8-6(13)10-7-9-5(11-12-7)4-2-1-3-4/h4H,1-3H2,(H4,8,9,10,11,12,13). The molecule has 4 N–H and O–H groups in total. The van der Waals surface area contributed by atoms with Gasteiger partial charge in [-0.15, -0.1) is 5.10 Å². The fourth-order valence-corrected chi connectivity index (χ4v) is 1.40. The zero-order valence-electron chi connectivity index (χ0n) is 7.08. The summed E-state index contributed by atoms with van der Waals surface area (Å²) in [5, 5.41) is 9.70. The van der Waals surface area contributed by atoms with Crippen LogP contribution in [-0.4, -0.2) is 20.3 Å². The van der Waals surface area contributed by atoms with Gasteiger partial charge in [0.2, 0.25) is 5.95 Å². The van der Waals surface area contributed by atoms with Crippen LogP contribution >= 0.6 is 12.2 Å². The normalized spacial score (nSPS) is 16.6. The minimum atomic E-state index is 0.194. The Kier molecular flexibility index (Phi) is 2.13. The van der Waals surface area contributed by atoms with Crippen LogP contribution in [0, 0.1) is 0 Å². The molecule has 1 heterocycles. The van der Waals surface area contributed by atoms with Crippen LogP contribution in [-0.2, 0) is 0 Å². The molecule has 5 nitrogen and oxygen atoms in total. The number of nitrogens with one attached hydrogen (secondary N) is 2. The van der Waals surface area contributed by atoms with E-state index in [0.717, 1.165) is 5.82 Å². The monoisotopic (exact) mass is 197 g/mol. The summed E-state index contributed by atoms with van der Waals surface area (Å²) in [5.74, 6) is 1.95. The van der Waals surface area contributed by atoms with Gasteiger partial charge >= 0.3 is 0 Å². The number of anilines is 1. The highest BCUT2D eigenvalue weighted by Gasteiger charge is 2.22. The van der Waals surface area contributed by atoms with E-state index in [9.17, 15) is 0 Å². The Labute approximate surface area is 81.1 Å². The third-order valence-corrected chi connectivity index (χ3v) is 2.33. The molecule has 0 radical (unpaired) electrons. The predicted molar refractivity (Wildman–Crippen MR) is 53.4 cm³/mol. The Balaban J connectivity index is 2.04. The van der Waals surface area contributed by atoms with E-state index >= 15 is 0 Å². The number of hydrogen-bond donors (Lipinski definition) is 3. The smallest absolute Gasteiger partial charge is 0.248 e. The Hall–Kier alpha value is -1.17. The first-order valence-corrected chi connectivity index (χ1v) is 4.65. The van der Waals surface area contributed by atoms with Crippen molar-refractivity contribution in [1.82, 2.24) is 15.2 Å². The average Bonchev–Trinajstić information content (AvgIpc) is 2.31. The fourth-order valence-electron chi connectivity index (χ4n) is 1.30. The Morgan fingerprint density at radius 3 is 2.92 bits per heavy atom. The molecular formula is C7H11N5S. The second-order valence-corrected chi connectivity index (χ2v) is 3.60. The lowest BCUT2D eigenvalue weighted by Gasteiger charge is -2.22. The van der Waals surface area contributed by atoms with Gasteiger partial charge in [-0.1, -0.05) is 6.42 Å². The molecule has 1 saturated carbocycles. The van der Waals surface area contributed by atoms with Gasteiger partial charge in [-0.3, -0.25) is 5.10 Å². The number of nitrogens with two attached hydrogens (primary N) is 1. The van der Waals surface area contributed by atoms with Gasteiger partial charge in [0.15, 0.2) is 5.11 Å². The third kappa shape index (κ3) is 1.77. The molecule has 1 fully saturated rings. The first-order valence-electron chi connectivity index (χ1n) is 4.24. The van der Waals surface area contributed by atoms with Crippen LogP contribution in [0.25, 0.3) is 0 Å². The summed E-state index contributed by atoms with van der Waals surface area (Å²) in [6.45, 7) is 0. The lowest BCUT2D eigenvalue weighted by atomic mass is 9.85. The molecule has 6 heteroatoms. The van der Waals surface area contributed by atoms with Crippen molar-refractivity contribution in [1.29, 1.82) is 0 Å². The van der Waals surface area contributed by atoms with Gasteiger partial charge in [-0.2, -0.15) is 4.98 Å². The molecule has 0 saturated heterocycles. The molecule has 0 amide bonds. The maximum atomic E-state index is 5.28. The number of H-pyrrole nitrogens is 1. The number of hydrogen-bond acceptors (Lipinski definition) is 3. The van der Waals surface area contributed by atoms with Crippen LogP contribution in [0.15, 0.2) is 0 Å². The van der Waals surface area contributed by atoms with Crippen LogP contribution < -0.4 is 11.1 Å². The van der Waals surface area contributed by atoms with E-state index < -0.39 is 0 Å². The number of rotatable bonds is 2. The maximum absolute atomic E-state index is 5.28. The minimum Gasteiger partial charge on any atom is -0.376 e. The second-order valence-electron chi connectivity index (χ2n) is 3.16. The van der Waals surface area contributed by atoms with Crippen molar-refractivity contribution in [2.24, 2.45) is 5.73 Å². The molecule has 1 aromatic heterocycles. The van der Waals surface area contributed by atoms with Gasteiger partial charge in [0, 0.05) is 5.92 Å². The Morgan fingerprint density at radius 1 is 1.62 bits per heavy atom. The van der Waals surface area contributed by atoms with Gasteiger partial charge in [0.05, 0.1) is 0 Å². The summed E-state index contributed by atoms with van der Waals surface area (Å²) in [6, 6.07) is 0. The van der Waals surface area contributed by atoms with Crippen molar-refractivity contribution >= 4 is 23.3 Å². The summed E-state index contributed by atoms with van der Waals surface area (Å²) in [7, 11) is 0. The minimum absolute atomic E-state index is 0.194. The number of aromatic nitrogens is 3. The molecular weight excluding hydrogens is 186 g/mol. The molecule has 2 rings (SSSR count). The molecule has 0 aliphatic heterocycles. The molecule has 13 heavy (non-hydrogen) atoms. The molecule has 70 valence electrons. The maximum Gasteiger partial charge on any atom is 0.248 e. The summed E-state index contributed by atoms with van der Waals surface area (Å²) >= 11 is 4.67. The molecule has 0 spiro atoms. The van der Waals surface area contributed by atoms with Crippen molar-refractivity contribution < 1.29 is 0 Å². The summed E-state index contributed by atoms with van der Waals surface area (Å²) in [4.78, 5) is 4.23. The van der Waals surface area contributed by atoms with Crippen molar-refractivity contribution in [3.8, 4) is 0 Å². The van der Waals surface area contributed by atoms with Crippen LogP contribution in [0.2, 0.25) is 0 Å².